The summed E-state index contributed by atoms with van der Waals surface area (Å²) in [6.07, 6.45) is 2.18. The van der Waals surface area contributed by atoms with E-state index >= 15 is 0 Å². The smallest absolute Gasteiger partial charge is 0.310 e. The van der Waals surface area contributed by atoms with Gasteiger partial charge in [0, 0.05) is 0 Å². The molecular formula is C12H20O2. The SMILES string of the molecule is CCOC(=O)[C@H]1[C@@H](C=C(C)C)C1(C)C. The molecule has 0 aromatic heterocycles. The first-order valence-corrected chi connectivity index (χ1v) is 5.23. The van der Waals surface area contributed by atoms with E-state index in [9.17, 15) is 4.79 Å². The van der Waals surface area contributed by atoms with Crippen molar-refractivity contribution in [2.45, 2.75) is 34.6 Å². The minimum Gasteiger partial charge on any atom is -0.466 e. The van der Waals surface area contributed by atoms with Gasteiger partial charge in [0.2, 0.25) is 0 Å². The van der Waals surface area contributed by atoms with Gasteiger partial charge in [-0.2, -0.15) is 0 Å². The average Bonchev–Trinajstić information content (AvgIpc) is 2.52. The number of carbonyl (C=O) groups excluding carboxylic acids is 1. The molecule has 1 aliphatic rings. The van der Waals surface area contributed by atoms with Gasteiger partial charge in [-0.1, -0.05) is 25.5 Å². The van der Waals surface area contributed by atoms with Crippen LogP contribution in [-0.4, -0.2) is 12.6 Å². The van der Waals surface area contributed by atoms with Crippen LogP contribution in [0.3, 0.4) is 0 Å². The van der Waals surface area contributed by atoms with E-state index in [-0.39, 0.29) is 17.3 Å². The van der Waals surface area contributed by atoms with Crippen LogP contribution in [0.5, 0.6) is 0 Å². The van der Waals surface area contributed by atoms with Crippen molar-refractivity contribution in [3.63, 3.8) is 0 Å². The summed E-state index contributed by atoms with van der Waals surface area (Å²) in [5.41, 5.74) is 1.36. The van der Waals surface area contributed by atoms with Crippen molar-refractivity contribution in [1.82, 2.24) is 0 Å². The number of rotatable bonds is 3. The molecular weight excluding hydrogens is 176 g/mol. The minimum atomic E-state index is -0.0417. The topological polar surface area (TPSA) is 26.3 Å². The largest absolute Gasteiger partial charge is 0.466 e. The van der Waals surface area contributed by atoms with Crippen molar-refractivity contribution in [1.29, 1.82) is 0 Å². The molecule has 14 heavy (non-hydrogen) atoms. The summed E-state index contributed by atoms with van der Waals surface area (Å²) in [6.45, 7) is 10.7. The Hall–Kier alpha value is -0.790. The van der Waals surface area contributed by atoms with Gasteiger partial charge in [0.1, 0.15) is 0 Å². The first-order valence-electron chi connectivity index (χ1n) is 5.23. The third-order valence-electron chi connectivity index (χ3n) is 2.96. The van der Waals surface area contributed by atoms with E-state index in [2.05, 4.69) is 33.8 Å². The molecule has 0 aromatic carbocycles. The Labute approximate surface area is 86.3 Å². The minimum absolute atomic E-state index is 0.0417. The van der Waals surface area contributed by atoms with E-state index in [1.165, 1.54) is 5.57 Å². The standard InChI is InChI=1S/C12H20O2/c1-6-14-11(13)10-9(7-8(2)3)12(10,4)5/h7,9-10H,6H2,1-5H3/t9-,10-/m1/s1. The molecule has 0 N–H and O–H groups in total. The van der Waals surface area contributed by atoms with Crippen molar-refractivity contribution in [2.24, 2.45) is 17.3 Å². The highest BCUT2D eigenvalue weighted by Crippen LogP contribution is 2.59. The molecule has 1 rings (SSSR count). The molecule has 0 heterocycles. The zero-order chi connectivity index (χ0) is 10.9. The van der Waals surface area contributed by atoms with Crippen molar-refractivity contribution in [3.8, 4) is 0 Å². The Morgan fingerprint density at radius 2 is 2.00 bits per heavy atom. The second kappa shape index (κ2) is 3.76. The number of ether oxygens (including phenoxy) is 1. The molecule has 1 aliphatic carbocycles. The molecule has 2 nitrogen and oxygen atoms in total. The van der Waals surface area contributed by atoms with Crippen molar-refractivity contribution < 1.29 is 9.53 Å². The molecule has 0 aliphatic heterocycles. The number of carbonyl (C=O) groups is 1. The summed E-state index contributed by atoms with van der Waals surface area (Å²) in [7, 11) is 0. The Morgan fingerprint density at radius 1 is 1.43 bits per heavy atom. The Kier molecular flexibility index (Phi) is 3.03. The van der Waals surface area contributed by atoms with Crippen LogP contribution in [0.2, 0.25) is 0 Å². The van der Waals surface area contributed by atoms with Gasteiger partial charge in [-0.05, 0) is 32.1 Å². The third kappa shape index (κ3) is 1.99. The second-order valence-electron chi connectivity index (χ2n) is 4.82. The van der Waals surface area contributed by atoms with Crippen LogP contribution < -0.4 is 0 Å². The summed E-state index contributed by atoms with van der Waals surface area (Å²) in [5.74, 6) is 0.392. The molecule has 0 saturated heterocycles. The van der Waals surface area contributed by atoms with E-state index in [0.29, 0.717) is 12.5 Å². The highest BCUT2D eigenvalue weighted by Gasteiger charge is 2.61. The molecule has 0 radical (unpaired) electrons. The van der Waals surface area contributed by atoms with Crippen LogP contribution in [0.15, 0.2) is 11.6 Å². The van der Waals surface area contributed by atoms with Gasteiger partial charge in [-0.15, -0.1) is 0 Å². The first kappa shape index (κ1) is 11.3. The Bertz CT molecular complexity index is 259. The van der Waals surface area contributed by atoms with Crippen LogP contribution >= 0.6 is 0 Å². The molecule has 0 amide bonds. The van der Waals surface area contributed by atoms with E-state index in [0.717, 1.165) is 0 Å². The van der Waals surface area contributed by atoms with E-state index in [1.54, 1.807) is 0 Å². The fourth-order valence-electron chi connectivity index (χ4n) is 2.03. The Balaban J connectivity index is 2.66. The predicted molar refractivity (Wildman–Crippen MR) is 56.8 cm³/mol. The third-order valence-corrected chi connectivity index (χ3v) is 2.96. The van der Waals surface area contributed by atoms with Gasteiger partial charge in [-0.25, -0.2) is 0 Å². The van der Waals surface area contributed by atoms with E-state index in [4.69, 9.17) is 4.74 Å². The lowest BCUT2D eigenvalue weighted by Crippen LogP contribution is -2.10. The molecule has 1 saturated carbocycles. The van der Waals surface area contributed by atoms with Crippen LogP contribution in [0.25, 0.3) is 0 Å². The van der Waals surface area contributed by atoms with E-state index in [1.807, 2.05) is 6.92 Å². The molecule has 0 spiro atoms. The summed E-state index contributed by atoms with van der Waals surface area (Å²) < 4.78 is 5.05. The van der Waals surface area contributed by atoms with Gasteiger partial charge in [-0.3, -0.25) is 4.79 Å². The van der Waals surface area contributed by atoms with Crippen LogP contribution in [0.1, 0.15) is 34.6 Å². The van der Waals surface area contributed by atoms with Gasteiger partial charge in [0.15, 0.2) is 0 Å². The number of esters is 1. The lowest BCUT2D eigenvalue weighted by molar-refractivity contribution is -0.145. The van der Waals surface area contributed by atoms with Crippen molar-refractivity contribution in [2.75, 3.05) is 6.61 Å². The lowest BCUT2D eigenvalue weighted by Gasteiger charge is -2.01. The fourth-order valence-corrected chi connectivity index (χ4v) is 2.03. The monoisotopic (exact) mass is 196 g/mol. The molecule has 80 valence electrons. The number of allylic oxidation sites excluding steroid dienone is 2. The highest BCUT2D eigenvalue weighted by molar-refractivity contribution is 5.78. The maximum absolute atomic E-state index is 11.6. The maximum atomic E-state index is 11.6. The van der Waals surface area contributed by atoms with Crippen molar-refractivity contribution in [3.05, 3.63) is 11.6 Å². The molecule has 0 aromatic rings. The lowest BCUT2D eigenvalue weighted by atomic mass is 10.1. The Morgan fingerprint density at radius 3 is 2.43 bits per heavy atom. The number of hydrogen-bond acceptors (Lipinski definition) is 2. The molecule has 1 fully saturated rings. The summed E-state index contributed by atoms with van der Waals surface area (Å²) in [4.78, 5) is 11.6. The summed E-state index contributed by atoms with van der Waals surface area (Å²) >= 11 is 0. The number of hydrogen-bond donors (Lipinski definition) is 0. The summed E-state index contributed by atoms with van der Waals surface area (Å²) in [5, 5.41) is 0. The van der Waals surface area contributed by atoms with Crippen LogP contribution in [0.4, 0.5) is 0 Å². The normalized spacial score (nSPS) is 28.1. The first-order chi connectivity index (χ1) is 6.41. The van der Waals surface area contributed by atoms with E-state index < -0.39 is 0 Å². The highest BCUT2D eigenvalue weighted by atomic mass is 16.5. The van der Waals surface area contributed by atoms with Crippen LogP contribution in [0, 0.1) is 17.3 Å². The van der Waals surface area contributed by atoms with Gasteiger partial charge in [0.25, 0.3) is 0 Å². The maximum Gasteiger partial charge on any atom is 0.310 e. The fraction of sp³-hybridized carbons (Fsp3) is 0.750. The quantitative estimate of drug-likeness (QED) is 0.512. The average molecular weight is 196 g/mol. The van der Waals surface area contributed by atoms with Crippen LogP contribution in [-0.2, 0) is 9.53 Å². The van der Waals surface area contributed by atoms with Crippen molar-refractivity contribution >= 4 is 5.97 Å². The molecule has 0 bridgehead atoms. The molecule has 2 atom stereocenters. The zero-order valence-corrected chi connectivity index (χ0v) is 9.76. The molecule has 2 heteroatoms. The summed E-state index contributed by atoms with van der Waals surface area (Å²) in [6, 6.07) is 0. The zero-order valence-electron chi connectivity index (χ0n) is 9.76. The second-order valence-corrected chi connectivity index (χ2v) is 4.82. The van der Waals surface area contributed by atoms with Gasteiger partial charge in [0.05, 0.1) is 12.5 Å². The molecule has 0 unspecified atom stereocenters. The predicted octanol–water partition coefficient (Wildman–Crippen LogP) is 2.79. The van der Waals surface area contributed by atoms with Gasteiger partial charge >= 0.3 is 5.97 Å². The van der Waals surface area contributed by atoms with Gasteiger partial charge < -0.3 is 4.74 Å².